The van der Waals surface area contributed by atoms with E-state index in [0.29, 0.717) is 17.6 Å². The van der Waals surface area contributed by atoms with Crippen molar-refractivity contribution in [3.8, 4) is 0 Å². The van der Waals surface area contributed by atoms with Crippen molar-refractivity contribution in [2.24, 2.45) is 0 Å². The van der Waals surface area contributed by atoms with Crippen LogP contribution in [0.4, 0.5) is 16.2 Å². The molecule has 1 unspecified atom stereocenters. The predicted octanol–water partition coefficient (Wildman–Crippen LogP) is 5.42. The summed E-state index contributed by atoms with van der Waals surface area (Å²) in [5.41, 5.74) is 4.68. The number of anilines is 2. The van der Waals surface area contributed by atoms with Crippen molar-refractivity contribution in [3.05, 3.63) is 64.7 Å². The summed E-state index contributed by atoms with van der Waals surface area (Å²) in [4.78, 5) is 41.8. The number of carbonyl (C=O) groups is 3. The Morgan fingerprint density at radius 1 is 1.09 bits per heavy atom. The van der Waals surface area contributed by atoms with Gasteiger partial charge in [-0.3, -0.25) is 14.9 Å². The minimum atomic E-state index is -0.731. The van der Waals surface area contributed by atoms with E-state index >= 15 is 0 Å². The summed E-state index contributed by atoms with van der Waals surface area (Å²) >= 11 is 0. The molecule has 0 aliphatic carbocycles. The number of benzene rings is 2. The fourth-order valence-corrected chi connectivity index (χ4v) is 5.48. The minimum Gasteiger partial charge on any atom is -0.364 e. The third-order valence-corrected chi connectivity index (χ3v) is 6.83. The van der Waals surface area contributed by atoms with Crippen molar-refractivity contribution in [1.82, 2.24) is 5.32 Å². The number of fused-ring (bicyclic) bond motifs is 1. The summed E-state index contributed by atoms with van der Waals surface area (Å²) in [5.74, 6) is -0.953. The SMILES string of the molecule is CCc1ccc(N2C(=O)NC(=O)/C(=C\c3ccc4c(c3)C(C)CC(C)(C)N4C(C)C)C2=O)cc1. The van der Waals surface area contributed by atoms with Gasteiger partial charge < -0.3 is 4.90 Å². The highest BCUT2D eigenvalue weighted by molar-refractivity contribution is 6.39. The van der Waals surface area contributed by atoms with Gasteiger partial charge in [-0.15, -0.1) is 0 Å². The van der Waals surface area contributed by atoms with Gasteiger partial charge in [-0.1, -0.05) is 32.0 Å². The third kappa shape index (κ3) is 4.13. The van der Waals surface area contributed by atoms with Crippen LogP contribution in [0, 0.1) is 0 Å². The molecule has 2 aromatic rings. The van der Waals surface area contributed by atoms with Crippen LogP contribution in [0.25, 0.3) is 6.08 Å². The summed E-state index contributed by atoms with van der Waals surface area (Å²) in [7, 11) is 0. The fraction of sp³-hybridized carbons (Fsp3) is 0.393. The second-order valence-corrected chi connectivity index (χ2v) is 10.2. The molecule has 178 valence electrons. The zero-order valence-electron chi connectivity index (χ0n) is 20.8. The van der Waals surface area contributed by atoms with Crippen LogP contribution in [0.2, 0.25) is 0 Å². The number of barbiturate groups is 1. The van der Waals surface area contributed by atoms with E-state index in [1.807, 2.05) is 25.1 Å². The maximum absolute atomic E-state index is 13.3. The molecule has 2 heterocycles. The lowest BCUT2D eigenvalue weighted by Crippen LogP contribution is -2.54. The highest BCUT2D eigenvalue weighted by atomic mass is 16.2. The smallest absolute Gasteiger partial charge is 0.335 e. The van der Waals surface area contributed by atoms with Gasteiger partial charge in [0.15, 0.2) is 0 Å². The van der Waals surface area contributed by atoms with Crippen LogP contribution in [0.5, 0.6) is 0 Å². The van der Waals surface area contributed by atoms with Crippen LogP contribution in [0.3, 0.4) is 0 Å². The summed E-state index contributed by atoms with van der Waals surface area (Å²) in [6.45, 7) is 13.2. The molecule has 0 saturated carbocycles. The van der Waals surface area contributed by atoms with Gasteiger partial charge in [0.1, 0.15) is 5.57 Å². The van der Waals surface area contributed by atoms with E-state index in [1.54, 1.807) is 18.2 Å². The van der Waals surface area contributed by atoms with Crippen molar-refractivity contribution in [3.63, 3.8) is 0 Å². The molecule has 1 saturated heterocycles. The predicted molar refractivity (Wildman–Crippen MR) is 136 cm³/mol. The third-order valence-electron chi connectivity index (χ3n) is 6.83. The number of nitrogens with one attached hydrogen (secondary N) is 1. The van der Waals surface area contributed by atoms with Crippen LogP contribution in [0.1, 0.15) is 70.6 Å². The second-order valence-electron chi connectivity index (χ2n) is 10.2. The summed E-state index contributed by atoms with van der Waals surface area (Å²) in [6.07, 6.45) is 3.45. The quantitative estimate of drug-likeness (QED) is 0.490. The largest absolute Gasteiger partial charge is 0.364 e. The lowest BCUT2D eigenvalue weighted by Gasteiger charge is -2.50. The molecule has 6 heteroatoms. The number of hydrogen-bond acceptors (Lipinski definition) is 4. The normalized spacial score (nSPS) is 21.2. The Kier molecular flexibility index (Phi) is 6.11. The Morgan fingerprint density at radius 2 is 1.76 bits per heavy atom. The van der Waals surface area contributed by atoms with E-state index < -0.39 is 17.8 Å². The van der Waals surface area contributed by atoms with Gasteiger partial charge in [0.05, 0.1) is 5.69 Å². The first-order chi connectivity index (χ1) is 16.0. The fourth-order valence-electron chi connectivity index (χ4n) is 5.48. The molecule has 0 spiro atoms. The number of amides is 4. The molecule has 2 aliphatic rings. The molecule has 2 aromatic carbocycles. The number of aryl methyl sites for hydroxylation is 1. The van der Waals surface area contributed by atoms with Gasteiger partial charge in [0.25, 0.3) is 11.8 Å². The standard InChI is InChI=1S/C28H33N3O3/c1-7-19-8-11-21(12-9-19)30-26(33)23(25(32)29-27(30)34)15-20-10-13-24-22(14-20)18(4)16-28(5,6)31(24)17(2)3/h8-15,17-18H,7,16H2,1-6H3,(H,29,32,34)/b23-15+. The molecule has 34 heavy (non-hydrogen) atoms. The molecule has 0 aromatic heterocycles. The molecule has 1 N–H and O–H groups in total. The Balaban J connectivity index is 1.72. The molecule has 2 aliphatic heterocycles. The summed E-state index contributed by atoms with van der Waals surface area (Å²) in [5, 5.41) is 2.31. The average Bonchev–Trinajstić information content (AvgIpc) is 2.76. The highest BCUT2D eigenvalue weighted by Gasteiger charge is 2.39. The second kappa shape index (κ2) is 8.75. The van der Waals surface area contributed by atoms with Crippen LogP contribution in [-0.2, 0) is 16.0 Å². The van der Waals surface area contributed by atoms with Gasteiger partial charge in [-0.25, -0.2) is 9.69 Å². The highest BCUT2D eigenvalue weighted by Crippen LogP contribution is 2.44. The molecular formula is C28H33N3O3. The van der Waals surface area contributed by atoms with E-state index in [1.165, 1.54) is 11.3 Å². The molecule has 0 radical (unpaired) electrons. The van der Waals surface area contributed by atoms with E-state index in [0.717, 1.165) is 28.9 Å². The topological polar surface area (TPSA) is 69.7 Å². The van der Waals surface area contributed by atoms with E-state index in [9.17, 15) is 14.4 Å². The van der Waals surface area contributed by atoms with Crippen LogP contribution >= 0.6 is 0 Å². The number of hydrogen-bond donors (Lipinski definition) is 1. The van der Waals surface area contributed by atoms with Crippen LogP contribution < -0.4 is 15.1 Å². The number of nitrogens with zero attached hydrogens (tertiary/aromatic N) is 2. The van der Waals surface area contributed by atoms with E-state index in [2.05, 4.69) is 57.0 Å². The van der Waals surface area contributed by atoms with Gasteiger partial charge in [0.2, 0.25) is 0 Å². The van der Waals surface area contributed by atoms with Gasteiger partial charge in [-0.2, -0.15) is 0 Å². The molecule has 6 nitrogen and oxygen atoms in total. The zero-order chi connectivity index (χ0) is 24.8. The van der Waals surface area contributed by atoms with Crippen molar-refractivity contribution >= 4 is 35.3 Å². The monoisotopic (exact) mass is 459 g/mol. The number of imide groups is 2. The Labute approximate surface area is 201 Å². The Morgan fingerprint density at radius 3 is 2.38 bits per heavy atom. The first kappa shape index (κ1) is 23.7. The number of rotatable bonds is 4. The molecule has 4 amide bonds. The molecular weight excluding hydrogens is 426 g/mol. The van der Waals surface area contributed by atoms with Crippen molar-refractivity contribution in [2.45, 2.75) is 71.9 Å². The first-order valence-electron chi connectivity index (χ1n) is 12.0. The first-order valence-corrected chi connectivity index (χ1v) is 12.0. The Hall–Kier alpha value is -3.41. The van der Waals surface area contributed by atoms with E-state index in [4.69, 9.17) is 0 Å². The van der Waals surface area contributed by atoms with Crippen molar-refractivity contribution in [1.29, 1.82) is 0 Å². The lowest BCUT2D eigenvalue weighted by molar-refractivity contribution is -0.122. The maximum Gasteiger partial charge on any atom is 0.335 e. The number of urea groups is 1. The van der Waals surface area contributed by atoms with Crippen molar-refractivity contribution < 1.29 is 14.4 Å². The number of carbonyl (C=O) groups excluding carboxylic acids is 3. The molecule has 4 rings (SSSR count). The Bertz CT molecular complexity index is 1180. The van der Waals surface area contributed by atoms with Gasteiger partial charge in [0, 0.05) is 17.3 Å². The summed E-state index contributed by atoms with van der Waals surface area (Å²) in [6, 6.07) is 12.9. The van der Waals surface area contributed by atoms with Gasteiger partial charge in [-0.05, 0) is 93.5 Å². The lowest BCUT2D eigenvalue weighted by atomic mass is 9.78. The van der Waals surface area contributed by atoms with Crippen LogP contribution in [0.15, 0.2) is 48.0 Å². The molecule has 1 atom stereocenters. The van der Waals surface area contributed by atoms with Crippen LogP contribution in [-0.4, -0.2) is 29.4 Å². The minimum absolute atomic E-state index is 0.0357. The van der Waals surface area contributed by atoms with Gasteiger partial charge >= 0.3 is 6.03 Å². The van der Waals surface area contributed by atoms with E-state index in [-0.39, 0.29) is 11.1 Å². The zero-order valence-corrected chi connectivity index (χ0v) is 20.8. The molecule has 1 fully saturated rings. The van der Waals surface area contributed by atoms with Crippen molar-refractivity contribution in [2.75, 3.05) is 9.80 Å². The average molecular weight is 460 g/mol. The maximum atomic E-state index is 13.3. The molecule has 0 bridgehead atoms. The summed E-state index contributed by atoms with van der Waals surface area (Å²) < 4.78 is 0.